The number of rotatable bonds is 5. The minimum absolute atomic E-state index is 0.108. The lowest BCUT2D eigenvalue weighted by molar-refractivity contribution is -0.0552. The van der Waals surface area contributed by atoms with Crippen molar-refractivity contribution in [3.63, 3.8) is 0 Å². The highest BCUT2D eigenvalue weighted by Crippen LogP contribution is 2.34. The maximum atomic E-state index is 6.15. The van der Waals surface area contributed by atoms with Gasteiger partial charge in [0.25, 0.3) is 0 Å². The minimum Gasteiger partial charge on any atom is -0.355 e. The summed E-state index contributed by atoms with van der Waals surface area (Å²) < 4.78 is 6.15. The molecule has 0 saturated carbocycles. The largest absolute Gasteiger partial charge is 0.355 e. The molecule has 1 saturated heterocycles. The zero-order valence-corrected chi connectivity index (χ0v) is 10.1. The van der Waals surface area contributed by atoms with E-state index in [0.717, 1.165) is 19.3 Å². The predicted octanol–water partition coefficient (Wildman–Crippen LogP) is 3.07. The molecule has 0 aliphatic carbocycles. The van der Waals surface area contributed by atoms with E-state index in [1.807, 2.05) is 0 Å². The summed E-state index contributed by atoms with van der Waals surface area (Å²) >= 11 is 0. The van der Waals surface area contributed by atoms with E-state index in [1.54, 1.807) is 0 Å². The first-order valence-corrected chi connectivity index (χ1v) is 6.16. The Bertz CT molecular complexity index is 166. The fraction of sp³-hybridized carbons (Fsp3) is 1.00. The summed E-state index contributed by atoms with van der Waals surface area (Å²) in [6.07, 6.45) is 6.07. The van der Waals surface area contributed by atoms with Gasteiger partial charge in [-0.3, -0.25) is 5.32 Å². The van der Waals surface area contributed by atoms with Gasteiger partial charge in [-0.2, -0.15) is 0 Å². The SMILES string of the molecule is CCC[C@@H]1N[C@H](CC)OC1(CC)CC. The number of hydrogen-bond acceptors (Lipinski definition) is 2. The molecule has 14 heavy (non-hydrogen) atoms. The molecule has 0 spiro atoms. The first-order chi connectivity index (χ1) is 6.72. The zero-order valence-electron chi connectivity index (χ0n) is 10.1. The second kappa shape index (κ2) is 5.13. The Balaban J connectivity index is 2.69. The molecular weight excluding hydrogens is 174 g/mol. The van der Waals surface area contributed by atoms with Gasteiger partial charge in [-0.1, -0.05) is 34.1 Å². The molecule has 1 N–H and O–H groups in total. The van der Waals surface area contributed by atoms with Crippen molar-refractivity contribution in [2.45, 2.75) is 77.7 Å². The molecule has 0 amide bonds. The lowest BCUT2D eigenvalue weighted by Gasteiger charge is -2.31. The van der Waals surface area contributed by atoms with Crippen LogP contribution >= 0.6 is 0 Å². The fourth-order valence-corrected chi connectivity index (χ4v) is 2.52. The van der Waals surface area contributed by atoms with Crippen LogP contribution in [0.25, 0.3) is 0 Å². The van der Waals surface area contributed by atoms with Gasteiger partial charge in [0.15, 0.2) is 0 Å². The summed E-state index contributed by atoms with van der Waals surface area (Å²) in [5, 5.41) is 3.61. The highest BCUT2D eigenvalue weighted by Gasteiger charge is 2.44. The predicted molar refractivity (Wildman–Crippen MR) is 60.3 cm³/mol. The maximum Gasteiger partial charge on any atom is 0.109 e. The van der Waals surface area contributed by atoms with Gasteiger partial charge in [-0.05, 0) is 25.7 Å². The molecule has 2 heteroatoms. The maximum absolute atomic E-state index is 6.15. The summed E-state index contributed by atoms with van der Waals surface area (Å²) in [6.45, 7) is 8.91. The molecule has 1 rings (SSSR count). The van der Waals surface area contributed by atoms with E-state index in [-0.39, 0.29) is 11.8 Å². The zero-order chi connectivity index (χ0) is 10.6. The van der Waals surface area contributed by atoms with Crippen molar-refractivity contribution in [2.24, 2.45) is 0 Å². The van der Waals surface area contributed by atoms with Crippen LogP contribution in [0.5, 0.6) is 0 Å². The van der Waals surface area contributed by atoms with E-state index in [2.05, 4.69) is 33.0 Å². The van der Waals surface area contributed by atoms with Crippen LogP contribution in [0.15, 0.2) is 0 Å². The summed E-state index contributed by atoms with van der Waals surface area (Å²) in [7, 11) is 0. The van der Waals surface area contributed by atoms with Gasteiger partial charge in [-0.25, -0.2) is 0 Å². The fourth-order valence-electron chi connectivity index (χ4n) is 2.52. The van der Waals surface area contributed by atoms with Gasteiger partial charge in [0.05, 0.1) is 5.60 Å². The summed E-state index contributed by atoms with van der Waals surface area (Å²) in [5.41, 5.74) is 0.108. The Morgan fingerprint density at radius 2 is 1.79 bits per heavy atom. The van der Waals surface area contributed by atoms with Crippen molar-refractivity contribution in [1.82, 2.24) is 5.32 Å². The van der Waals surface area contributed by atoms with Gasteiger partial charge >= 0.3 is 0 Å². The average molecular weight is 199 g/mol. The molecule has 0 aromatic heterocycles. The Morgan fingerprint density at radius 3 is 2.21 bits per heavy atom. The van der Waals surface area contributed by atoms with Gasteiger partial charge < -0.3 is 4.74 Å². The van der Waals surface area contributed by atoms with Crippen LogP contribution in [-0.2, 0) is 4.74 Å². The van der Waals surface area contributed by atoms with Crippen molar-refractivity contribution in [2.75, 3.05) is 0 Å². The third-order valence-electron chi connectivity index (χ3n) is 3.54. The molecule has 0 bridgehead atoms. The molecule has 2 atom stereocenters. The van der Waals surface area contributed by atoms with Crippen molar-refractivity contribution < 1.29 is 4.74 Å². The van der Waals surface area contributed by atoms with Crippen molar-refractivity contribution in [3.8, 4) is 0 Å². The first kappa shape index (κ1) is 12.0. The van der Waals surface area contributed by atoms with Crippen molar-refractivity contribution in [1.29, 1.82) is 0 Å². The molecular formula is C12H25NO. The molecule has 1 heterocycles. The van der Waals surface area contributed by atoms with Crippen LogP contribution in [0.4, 0.5) is 0 Å². The third kappa shape index (κ3) is 2.12. The Labute approximate surface area is 88.4 Å². The van der Waals surface area contributed by atoms with Crippen LogP contribution in [0.1, 0.15) is 59.8 Å². The van der Waals surface area contributed by atoms with E-state index in [9.17, 15) is 0 Å². The molecule has 0 aromatic carbocycles. The Hall–Kier alpha value is -0.0800. The number of nitrogens with one attached hydrogen (secondary N) is 1. The van der Waals surface area contributed by atoms with Crippen molar-refractivity contribution in [3.05, 3.63) is 0 Å². The highest BCUT2D eigenvalue weighted by molar-refractivity contribution is 4.97. The highest BCUT2D eigenvalue weighted by atomic mass is 16.5. The monoisotopic (exact) mass is 199 g/mol. The Morgan fingerprint density at radius 1 is 1.14 bits per heavy atom. The molecule has 1 aliphatic heterocycles. The van der Waals surface area contributed by atoms with Gasteiger partial charge in [0.2, 0.25) is 0 Å². The van der Waals surface area contributed by atoms with Crippen LogP contribution < -0.4 is 5.32 Å². The first-order valence-electron chi connectivity index (χ1n) is 6.16. The van der Waals surface area contributed by atoms with Crippen molar-refractivity contribution >= 4 is 0 Å². The van der Waals surface area contributed by atoms with E-state index in [4.69, 9.17) is 4.74 Å². The third-order valence-corrected chi connectivity index (χ3v) is 3.54. The molecule has 0 unspecified atom stereocenters. The van der Waals surface area contributed by atoms with E-state index in [0.29, 0.717) is 6.04 Å². The Kier molecular flexibility index (Phi) is 4.39. The van der Waals surface area contributed by atoms with Crippen LogP contribution in [0, 0.1) is 0 Å². The standard InChI is InChI=1S/C12H25NO/c1-5-9-10-12(7-3,8-4)14-11(6-2)13-10/h10-11,13H,5-9H2,1-4H3/t10-,11-/m0/s1. The molecule has 2 nitrogen and oxygen atoms in total. The van der Waals surface area contributed by atoms with Crippen LogP contribution in [0.2, 0.25) is 0 Å². The topological polar surface area (TPSA) is 21.3 Å². The normalized spacial score (nSPS) is 30.9. The summed E-state index contributed by atoms with van der Waals surface area (Å²) in [5.74, 6) is 0. The smallest absolute Gasteiger partial charge is 0.109 e. The molecule has 1 aliphatic rings. The number of ether oxygens (including phenoxy) is 1. The summed E-state index contributed by atoms with van der Waals surface area (Å²) in [6, 6.07) is 0.562. The quantitative estimate of drug-likeness (QED) is 0.734. The van der Waals surface area contributed by atoms with Gasteiger partial charge in [-0.15, -0.1) is 0 Å². The molecule has 84 valence electrons. The molecule has 0 aromatic rings. The molecule has 0 radical (unpaired) electrons. The average Bonchev–Trinajstić information content (AvgIpc) is 2.58. The second-order valence-electron chi connectivity index (χ2n) is 4.29. The lowest BCUT2D eigenvalue weighted by Crippen LogP contribution is -2.42. The second-order valence-corrected chi connectivity index (χ2v) is 4.29. The number of hydrogen-bond donors (Lipinski definition) is 1. The minimum atomic E-state index is 0.108. The molecule has 1 fully saturated rings. The van der Waals surface area contributed by atoms with E-state index in [1.165, 1.54) is 12.8 Å². The van der Waals surface area contributed by atoms with E-state index >= 15 is 0 Å². The lowest BCUT2D eigenvalue weighted by atomic mass is 9.87. The van der Waals surface area contributed by atoms with Crippen LogP contribution in [0.3, 0.4) is 0 Å². The van der Waals surface area contributed by atoms with E-state index < -0.39 is 0 Å². The van der Waals surface area contributed by atoms with Crippen LogP contribution in [-0.4, -0.2) is 17.9 Å². The van der Waals surface area contributed by atoms with Gasteiger partial charge in [0.1, 0.15) is 6.23 Å². The summed E-state index contributed by atoms with van der Waals surface area (Å²) in [4.78, 5) is 0. The van der Waals surface area contributed by atoms with Gasteiger partial charge in [0, 0.05) is 6.04 Å².